The maximum Gasteiger partial charge on any atom is 0.134 e. The first-order chi connectivity index (χ1) is 6.78. The van der Waals surface area contributed by atoms with Crippen molar-refractivity contribution < 1.29 is 0 Å². The molecule has 1 aliphatic carbocycles. The Balaban J connectivity index is 2.01. The van der Waals surface area contributed by atoms with Crippen LogP contribution in [-0.2, 0) is 18.4 Å². The van der Waals surface area contributed by atoms with Crippen LogP contribution in [0.3, 0.4) is 0 Å². The zero-order chi connectivity index (χ0) is 9.60. The molecule has 0 bridgehead atoms. The van der Waals surface area contributed by atoms with Crippen LogP contribution in [0.1, 0.15) is 36.8 Å². The molecule has 14 heavy (non-hydrogen) atoms. The third kappa shape index (κ3) is 1.23. The van der Waals surface area contributed by atoms with E-state index >= 15 is 0 Å². The van der Waals surface area contributed by atoms with Crippen molar-refractivity contribution in [2.24, 2.45) is 0 Å². The van der Waals surface area contributed by atoms with Crippen molar-refractivity contribution in [1.82, 2.24) is 15.3 Å². The van der Waals surface area contributed by atoms with Crippen LogP contribution in [0, 0.1) is 0 Å². The average Bonchev–Trinajstić information content (AvgIpc) is 2.97. The Morgan fingerprint density at radius 1 is 1.43 bits per heavy atom. The van der Waals surface area contributed by atoms with Crippen LogP contribution in [0.4, 0.5) is 0 Å². The third-order valence-corrected chi connectivity index (χ3v) is 3.35. The number of nitrogens with one attached hydrogen (secondary N) is 1. The van der Waals surface area contributed by atoms with E-state index in [0.29, 0.717) is 5.41 Å². The Morgan fingerprint density at radius 3 is 3.07 bits per heavy atom. The van der Waals surface area contributed by atoms with Crippen molar-refractivity contribution in [2.45, 2.75) is 38.1 Å². The summed E-state index contributed by atoms with van der Waals surface area (Å²) < 4.78 is 0. The van der Waals surface area contributed by atoms with Gasteiger partial charge in [-0.05, 0) is 12.8 Å². The topological polar surface area (TPSA) is 37.8 Å². The predicted molar refractivity (Wildman–Crippen MR) is 54.0 cm³/mol. The normalized spacial score (nSPS) is 22.9. The fourth-order valence-electron chi connectivity index (χ4n) is 1.94. The number of rotatable bonds is 1. The first kappa shape index (κ1) is 8.36. The van der Waals surface area contributed by atoms with Crippen LogP contribution in [0.2, 0.25) is 0 Å². The van der Waals surface area contributed by atoms with Crippen molar-refractivity contribution in [2.75, 3.05) is 6.54 Å². The molecule has 0 unspecified atom stereocenters. The molecule has 1 N–H and O–H groups in total. The quantitative estimate of drug-likeness (QED) is 0.720. The lowest BCUT2D eigenvalue weighted by atomic mass is 10.1. The molecule has 3 nitrogen and oxygen atoms in total. The van der Waals surface area contributed by atoms with Gasteiger partial charge in [-0.2, -0.15) is 0 Å². The van der Waals surface area contributed by atoms with Gasteiger partial charge in [0.1, 0.15) is 5.82 Å². The smallest absolute Gasteiger partial charge is 0.134 e. The number of hydrogen-bond acceptors (Lipinski definition) is 3. The van der Waals surface area contributed by atoms with Crippen molar-refractivity contribution >= 4 is 0 Å². The first-order valence-electron chi connectivity index (χ1n) is 5.34. The molecule has 0 radical (unpaired) electrons. The van der Waals surface area contributed by atoms with Gasteiger partial charge in [0, 0.05) is 42.4 Å². The molecule has 1 aromatic rings. The summed E-state index contributed by atoms with van der Waals surface area (Å²) in [5.74, 6) is 1.07. The lowest BCUT2D eigenvalue weighted by Gasteiger charge is -2.17. The molecule has 1 fully saturated rings. The van der Waals surface area contributed by atoms with Gasteiger partial charge in [-0.3, -0.25) is 0 Å². The summed E-state index contributed by atoms with van der Waals surface area (Å²) in [6, 6.07) is 0. The lowest BCUT2D eigenvalue weighted by molar-refractivity contribution is 0.606. The standard InChI is InChI=1S/C11H15N3/c1-11(3-4-11)10-13-7-8-6-12-5-2-9(8)14-10/h7,12H,2-6H2,1H3. The SMILES string of the molecule is CC1(c2ncc3c(n2)CCNC3)CC1. The Bertz CT molecular complexity index is 369. The molecule has 74 valence electrons. The Kier molecular flexibility index (Phi) is 1.65. The van der Waals surface area contributed by atoms with E-state index in [0.717, 1.165) is 25.3 Å². The van der Waals surface area contributed by atoms with E-state index in [1.807, 2.05) is 6.20 Å². The number of nitrogens with zero attached hydrogens (tertiary/aromatic N) is 2. The monoisotopic (exact) mass is 189 g/mol. The van der Waals surface area contributed by atoms with E-state index in [1.54, 1.807) is 0 Å². The summed E-state index contributed by atoms with van der Waals surface area (Å²) in [5.41, 5.74) is 2.85. The highest BCUT2D eigenvalue weighted by Gasteiger charge is 2.42. The highest BCUT2D eigenvalue weighted by atomic mass is 15.0. The number of hydrogen-bond donors (Lipinski definition) is 1. The van der Waals surface area contributed by atoms with Gasteiger partial charge >= 0.3 is 0 Å². The van der Waals surface area contributed by atoms with Gasteiger partial charge in [-0.15, -0.1) is 0 Å². The summed E-state index contributed by atoms with van der Waals surface area (Å²) >= 11 is 0. The maximum atomic E-state index is 4.70. The summed E-state index contributed by atoms with van der Waals surface area (Å²) in [4.78, 5) is 9.17. The Labute approximate surface area is 84.0 Å². The summed E-state index contributed by atoms with van der Waals surface area (Å²) in [6.45, 7) is 4.25. The van der Waals surface area contributed by atoms with Gasteiger partial charge in [-0.1, -0.05) is 6.92 Å². The molecule has 3 heteroatoms. The third-order valence-electron chi connectivity index (χ3n) is 3.35. The van der Waals surface area contributed by atoms with Gasteiger partial charge in [0.15, 0.2) is 0 Å². The number of aromatic nitrogens is 2. The molecule has 1 aliphatic heterocycles. The minimum Gasteiger partial charge on any atom is -0.312 e. The van der Waals surface area contributed by atoms with Crippen LogP contribution in [-0.4, -0.2) is 16.5 Å². The van der Waals surface area contributed by atoms with Gasteiger partial charge < -0.3 is 5.32 Å². The van der Waals surface area contributed by atoms with Crippen molar-refractivity contribution in [3.05, 3.63) is 23.3 Å². The van der Waals surface area contributed by atoms with Crippen molar-refractivity contribution in [3.63, 3.8) is 0 Å². The van der Waals surface area contributed by atoms with Crippen molar-refractivity contribution in [1.29, 1.82) is 0 Å². The minimum absolute atomic E-state index is 0.305. The molecule has 0 saturated heterocycles. The first-order valence-corrected chi connectivity index (χ1v) is 5.34. The molecular formula is C11H15N3. The molecular weight excluding hydrogens is 174 g/mol. The second kappa shape index (κ2) is 2.76. The molecule has 0 amide bonds. The van der Waals surface area contributed by atoms with Crippen LogP contribution >= 0.6 is 0 Å². The molecule has 1 aromatic heterocycles. The van der Waals surface area contributed by atoms with E-state index in [4.69, 9.17) is 4.98 Å². The molecule has 3 rings (SSSR count). The van der Waals surface area contributed by atoms with E-state index < -0.39 is 0 Å². The zero-order valence-electron chi connectivity index (χ0n) is 8.51. The summed E-state index contributed by atoms with van der Waals surface area (Å²) in [6.07, 6.45) is 5.57. The molecule has 0 aromatic carbocycles. The molecule has 2 aliphatic rings. The van der Waals surface area contributed by atoms with E-state index in [-0.39, 0.29) is 0 Å². The van der Waals surface area contributed by atoms with Crippen LogP contribution < -0.4 is 5.32 Å². The van der Waals surface area contributed by atoms with Crippen LogP contribution in [0.5, 0.6) is 0 Å². The van der Waals surface area contributed by atoms with Crippen molar-refractivity contribution in [3.8, 4) is 0 Å². The molecule has 0 spiro atoms. The minimum atomic E-state index is 0.305. The van der Waals surface area contributed by atoms with E-state index in [1.165, 1.54) is 24.1 Å². The molecule has 0 atom stereocenters. The van der Waals surface area contributed by atoms with Gasteiger partial charge in [-0.25, -0.2) is 9.97 Å². The molecule has 1 saturated carbocycles. The Morgan fingerprint density at radius 2 is 2.29 bits per heavy atom. The Hall–Kier alpha value is -0.960. The van der Waals surface area contributed by atoms with Gasteiger partial charge in [0.05, 0.1) is 0 Å². The summed E-state index contributed by atoms with van der Waals surface area (Å²) in [5, 5.41) is 3.33. The maximum absolute atomic E-state index is 4.70. The predicted octanol–water partition coefficient (Wildman–Crippen LogP) is 1.17. The van der Waals surface area contributed by atoms with Gasteiger partial charge in [0.2, 0.25) is 0 Å². The highest BCUT2D eigenvalue weighted by Crippen LogP contribution is 2.45. The van der Waals surface area contributed by atoms with Crippen LogP contribution in [0.15, 0.2) is 6.20 Å². The van der Waals surface area contributed by atoms with Crippen LogP contribution in [0.25, 0.3) is 0 Å². The summed E-state index contributed by atoms with van der Waals surface area (Å²) in [7, 11) is 0. The second-order valence-electron chi connectivity index (χ2n) is 4.65. The fraction of sp³-hybridized carbons (Fsp3) is 0.636. The lowest BCUT2D eigenvalue weighted by Crippen LogP contribution is -2.26. The highest BCUT2D eigenvalue weighted by molar-refractivity contribution is 5.24. The van der Waals surface area contributed by atoms with E-state index in [2.05, 4.69) is 17.2 Å². The largest absolute Gasteiger partial charge is 0.312 e. The fourth-order valence-corrected chi connectivity index (χ4v) is 1.94. The van der Waals surface area contributed by atoms with E-state index in [9.17, 15) is 0 Å². The molecule has 2 heterocycles. The number of fused-ring (bicyclic) bond motifs is 1. The van der Waals surface area contributed by atoms with Gasteiger partial charge in [0.25, 0.3) is 0 Å². The average molecular weight is 189 g/mol. The zero-order valence-corrected chi connectivity index (χ0v) is 8.51. The second-order valence-corrected chi connectivity index (χ2v) is 4.65.